The van der Waals surface area contributed by atoms with Crippen molar-refractivity contribution in [2.45, 2.75) is 20.3 Å². The van der Waals surface area contributed by atoms with Gasteiger partial charge in [-0.05, 0) is 42.8 Å². The van der Waals surface area contributed by atoms with Crippen LogP contribution >= 0.6 is 0 Å². The summed E-state index contributed by atoms with van der Waals surface area (Å²) in [4.78, 5) is 25.6. The Morgan fingerprint density at radius 3 is 2.38 bits per heavy atom. The highest BCUT2D eigenvalue weighted by atomic mass is 16.2. The summed E-state index contributed by atoms with van der Waals surface area (Å²) in [6, 6.07) is 16.3. The molecule has 5 heteroatoms. The number of hydrogen-bond donors (Lipinski definition) is 1. The van der Waals surface area contributed by atoms with Crippen LogP contribution in [0.25, 0.3) is 0 Å². The van der Waals surface area contributed by atoms with Crippen molar-refractivity contribution in [2.75, 3.05) is 16.8 Å². The van der Waals surface area contributed by atoms with Gasteiger partial charge in [0.05, 0.1) is 11.6 Å². The third-order valence-electron chi connectivity index (χ3n) is 3.65. The molecule has 1 N–H and O–H groups in total. The highest BCUT2D eigenvalue weighted by molar-refractivity contribution is 5.95. The Balaban J connectivity index is 1.99. The smallest absolute Gasteiger partial charge is 0.226 e. The molecular weight excluding hydrogens is 302 g/mol. The molecule has 0 spiro atoms. The first-order chi connectivity index (χ1) is 11.5. The van der Waals surface area contributed by atoms with Gasteiger partial charge in [0.15, 0.2) is 0 Å². The fourth-order valence-corrected chi connectivity index (χ4v) is 2.38. The zero-order valence-electron chi connectivity index (χ0n) is 13.7. The van der Waals surface area contributed by atoms with Gasteiger partial charge in [0.2, 0.25) is 11.8 Å². The number of benzene rings is 2. The maximum atomic E-state index is 12.1. The lowest BCUT2D eigenvalue weighted by Gasteiger charge is -2.22. The van der Waals surface area contributed by atoms with Crippen LogP contribution < -0.4 is 10.2 Å². The van der Waals surface area contributed by atoms with Crippen molar-refractivity contribution in [2.24, 2.45) is 0 Å². The Morgan fingerprint density at radius 2 is 1.79 bits per heavy atom. The van der Waals surface area contributed by atoms with E-state index in [4.69, 9.17) is 5.26 Å². The molecule has 24 heavy (non-hydrogen) atoms. The Morgan fingerprint density at radius 1 is 1.12 bits per heavy atom. The van der Waals surface area contributed by atoms with Crippen LogP contribution in [0.15, 0.2) is 48.5 Å². The Kier molecular flexibility index (Phi) is 5.69. The minimum absolute atomic E-state index is 0.101. The summed E-state index contributed by atoms with van der Waals surface area (Å²) in [6.45, 7) is 3.73. The molecule has 2 aromatic carbocycles. The molecule has 0 aromatic heterocycles. The molecular formula is C19H19N3O2. The fourth-order valence-electron chi connectivity index (χ4n) is 2.38. The molecule has 0 saturated heterocycles. The van der Waals surface area contributed by atoms with Crippen LogP contribution in [0, 0.1) is 18.3 Å². The zero-order valence-corrected chi connectivity index (χ0v) is 13.7. The molecule has 0 aliphatic carbocycles. The maximum absolute atomic E-state index is 12.1. The van der Waals surface area contributed by atoms with Gasteiger partial charge in [-0.15, -0.1) is 0 Å². The first-order valence-corrected chi connectivity index (χ1v) is 7.65. The van der Waals surface area contributed by atoms with Crippen molar-refractivity contribution in [3.05, 3.63) is 59.7 Å². The van der Waals surface area contributed by atoms with Gasteiger partial charge in [-0.1, -0.05) is 18.2 Å². The van der Waals surface area contributed by atoms with Crippen molar-refractivity contribution in [1.29, 1.82) is 5.26 Å². The first kappa shape index (κ1) is 17.2. The molecule has 2 aromatic rings. The van der Waals surface area contributed by atoms with E-state index in [1.165, 1.54) is 6.92 Å². The average Bonchev–Trinajstić information content (AvgIpc) is 2.57. The number of para-hydroxylation sites is 1. The predicted octanol–water partition coefficient (Wildman–Crippen LogP) is 3.25. The number of aryl methyl sites for hydroxylation is 1. The van der Waals surface area contributed by atoms with Gasteiger partial charge in [0.25, 0.3) is 0 Å². The quantitative estimate of drug-likeness (QED) is 0.918. The van der Waals surface area contributed by atoms with E-state index in [1.807, 2.05) is 37.3 Å². The molecule has 0 fully saturated rings. The van der Waals surface area contributed by atoms with Gasteiger partial charge in [-0.3, -0.25) is 9.59 Å². The molecule has 122 valence electrons. The third-order valence-corrected chi connectivity index (χ3v) is 3.65. The Hall–Kier alpha value is -3.13. The van der Waals surface area contributed by atoms with Crippen LogP contribution in [0.3, 0.4) is 0 Å². The second kappa shape index (κ2) is 7.93. The van der Waals surface area contributed by atoms with E-state index in [9.17, 15) is 9.59 Å². The van der Waals surface area contributed by atoms with Crippen molar-refractivity contribution in [3.63, 3.8) is 0 Å². The molecule has 0 saturated carbocycles. The van der Waals surface area contributed by atoms with Crippen LogP contribution in [-0.2, 0) is 9.59 Å². The predicted molar refractivity (Wildman–Crippen MR) is 93.6 cm³/mol. The van der Waals surface area contributed by atoms with Gasteiger partial charge >= 0.3 is 0 Å². The van der Waals surface area contributed by atoms with E-state index < -0.39 is 0 Å². The highest BCUT2D eigenvalue weighted by Gasteiger charge is 2.15. The number of carbonyl (C=O) groups excluding carboxylic acids is 2. The number of nitriles is 1. The fraction of sp³-hybridized carbons (Fsp3) is 0.211. The van der Waals surface area contributed by atoms with Gasteiger partial charge in [-0.25, -0.2) is 0 Å². The number of anilines is 2. The van der Waals surface area contributed by atoms with Gasteiger partial charge < -0.3 is 10.2 Å². The lowest BCUT2D eigenvalue weighted by molar-refractivity contribution is -0.117. The number of nitrogens with zero attached hydrogens (tertiary/aromatic N) is 2. The molecule has 0 unspecified atom stereocenters. The lowest BCUT2D eigenvalue weighted by Crippen LogP contribution is -2.32. The van der Waals surface area contributed by atoms with Gasteiger partial charge in [0, 0.05) is 31.3 Å². The van der Waals surface area contributed by atoms with E-state index in [0.717, 1.165) is 11.3 Å². The monoisotopic (exact) mass is 321 g/mol. The summed E-state index contributed by atoms with van der Waals surface area (Å²) in [5.74, 6) is -0.282. The highest BCUT2D eigenvalue weighted by Crippen LogP contribution is 2.20. The summed E-state index contributed by atoms with van der Waals surface area (Å²) in [5, 5.41) is 11.5. The van der Waals surface area contributed by atoms with Crippen LogP contribution in [0.2, 0.25) is 0 Å². The van der Waals surface area contributed by atoms with E-state index >= 15 is 0 Å². The topological polar surface area (TPSA) is 73.2 Å². The van der Waals surface area contributed by atoms with Crippen molar-refractivity contribution in [1.82, 2.24) is 0 Å². The SMILES string of the molecule is CC(=O)N(CCC(=O)Nc1ccc(C#N)cc1)c1ccccc1C. The molecule has 0 aliphatic rings. The van der Waals surface area contributed by atoms with E-state index in [2.05, 4.69) is 5.32 Å². The summed E-state index contributed by atoms with van der Waals surface area (Å²) >= 11 is 0. The van der Waals surface area contributed by atoms with E-state index in [1.54, 1.807) is 29.2 Å². The van der Waals surface area contributed by atoms with E-state index in [-0.39, 0.29) is 18.2 Å². The van der Waals surface area contributed by atoms with Crippen molar-refractivity contribution < 1.29 is 9.59 Å². The lowest BCUT2D eigenvalue weighted by atomic mass is 10.1. The summed E-state index contributed by atoms with van der Waals surface area (Å²) in [6.07, 6.45) is 0.188. The second-order valence-electron chi connectivity index (χ2n) is 5.44. The standard InChI is InChI=1S/C19H19N3O2/c1-14-5-3-4-6-18(14)22(15(2)23)12-11-19(24)21-17-9-7-16(13-20)8-10-17/h3-10H,11-12H2,1-2H3,(H,21,24). The molecule has 0 bridgehead atoms. The van der Waals surface area contributed by atoms with Gasteiger partial charge in [0.1, 0.15) is 0 Å². The molecule has 5 nitrogen and oxygen atoms in total. The number of amides is 2. The van der Waals surface area contributed by atoms with E-state index in [0.29, 0.717) is 17.8 Å². The Bertz CT molecular complexity index is 776. The molecule has 0 heterocycles. The molecule has 2 amide bonds. The second-order valence-corrected chi connectivity index (χ2v) is 5.44. The molecule has 2 rings (SSSR count). The Labute approximate surface area is 141 Å². The van der Waals surface area contributed by atoms with Crippen molar-refractivity contribution >= 4 is 23.2 Å². The average molecular weight is 321 g/mol. The number of rotatable bonds is 5. The third kappa shape index (κ3) is 4.43. The first-order valence-electron chi connectivity index (χ1n) is 7.65. The van der Waals surface area contributed by atoms with Crippen LogP contribution in [-0.4, -0.2) is 18.4 Å². The molecule has 0 atom stereocenters. The zero-order chi connectivity index (χ0) is 17.5. The van der Waals surface area contributed by atoms with Crippen molar-refractivity contribution in [3.8, 4) is 6.07 Å². The van der Waals surface area contributed by atoms with Crippen LogP contribution in [0.5, 0.6) is 0 Å². The molecule has 0 aliphatic heterocycles. The minimum atomic E-state index is -0.181. The summed E-state index contributed by atoms with van der Waals surface area (Å²) < 4.78 is 0. The van der Waals surface area contributed by atoms with Crippen LogP contribution in [0.1, 0.15) is 24.5 Å². The molecule has 0 radical (unpaired) electrons. The minimum Gasteiger partial charge on any atom is -0.326 e. The summed E-state index contributed by atoms with van der Waals surface area (Å²) in [7, 11) is 0. The number of carbonyl (C=O) groups is 2. The van der Waals surface area contributed by atoms with Gasteiger partial charge in [-0.2, -0.15) is 5.26 Å². The number of nitrogens with one attached hydrogen (secondary N) is 1. The normalized spacial score (nSPS) is 9.88. The largest absolute Gasteiger partial charge is 0.326 e. The maximum Gasteiger partial charge on any atom is 0.226 e. The number of hydrogen-bond acceptors (Lipinski definition) is 3. The summed E-state index contributed by atoms with van der Waals surface area (Å²) in [5.41, 5.74) is 2.97. The van der Waals surface area contributed by atoms with Crippen LogP contribution in [0.4, 0.5) is 11.4 Å².